The molecule has 0 radical (unpaired) electrons. The van der Waals surface area contributed by atoms with Gasteiger partial charge in [0.2, 0.25) is 0 Å². The van der Waals surface area contributed by atoms with E-state index in [9.17, 15) is 4.57 Å². The Morgan fingerprint density at radius 1 is 0.810 bits per heavy atom. The van der Waals surface area contributed by atoms with Crippen LogP contribution in [0.4, 0.5) is 0 Å². The van der Waals surface area contributed by atoms with Crippen molar-refractivity contribution in [3.63, 3.8) is 0 Å². The molecule has 0 spiro atoms. The Balaban J connectivity index is 0. The quantitative estimate of drug-likeness (QED) is 0.284. The zero-order valence-corrected chi connectivity index (χ0v) is 18.6. The maximum Gasteiger partial charge on any atom is 0.319 e. The summed E-state index contributed by atoms with van der Waals surface area (Å²) in [7, 11) is -2.30. The van der Waals surface area contributed by atoms with Crippen molar-refractivity contribution in [3.8, 4) is 0 Å². The molecular weight excluding hydrogens is 337 g/mol. The van der Waals surface area contributed by atoms with Gasteiger partial charge >= 0.3 is 8.25 Å². The fourth-order valence-corrected chi connectivity index (χ4v) is 3.04. The fraction of sp³-hybridized carbons (Fsp3) is 1.00. The second-order valence-corrected chi connectivity index (χ2v) is 6.78. The first-order valence-electron chi connectivity index (χ1n) is 8.47. The van der Waals surface area contributed by atoms with E-state index in [1.54, 1.807) is 0 Å². The van der Waals surface area contributed by atoms with E-state index in [2.05, 4.69) is 27.7 Å². The van der Waals surface area contributed by atoms with Gasteiger partial charge in [-0.15, -0.1) is 0 Å². The van der Waals surface area contributed by atoms with Gasteiger partial charge in [-0.3, -0.25) is 4.57 Å². The van der Waals surface area contributed by atoms with Gasteiger partial charge in [-0.25, -0.2) is 0 Å². The molecule has 0 saturated carbocycles. The number of unbranched alkanes of at least 4 members (excludes halogenated alkanes) is 2. The summed E-state index contributed by atoms with van der Waals surface area (Å²) >= 11 is 0. The molecule has 0 heterocycles. The zero-order valence-electron chi connectivity index (χ0n) is 14.7. The van der Waals surface area contributed by atoms with Crippen molar-refractivity contribution in [2.24, 2.45) is 11.8 Å². The molecule has 0 rings (SSSR count). The Labute approximate surface area is 145 Å². The third-order valence-corrected chi connectivity index (χ3v) is 4.77. The minimum Gasteiger partial charge on any atom is -0.310 e. The normalized spacial score (nSPS) is 15.2. The van der Waals surface area contributed by atoms with Crippen molar-refractivity contribution < 1.29 is 33.1 Å². The van der Waals surface area contributed by atoms with E-state index in [0.29, 0.717) is 25.0 Å². The summed E-state index contributed by atoms with van der Waals surface area (Å²) in [5, 5.41) is 0. The van der Waals surface area contributed by atoms with Gasteiger partial charge in [-0.2, -0.15) is 0 Å². The molecule has 0 aromatic heterocycles. The van der Waals surface area contributed by atoms with E-state index < -0.39 is 8.25 Å². The summed E-state index contributed by atoms with van der Waals surface area (Å²) in [6.07, 6.45) is 9.35. The van der Waals surface area contributed by atoms with E-state index in [1.165, 1.54) is 25.7 Å². The van der Waals surface area contributed by atoms with Gasteiger partial charge in [-0.1, -0.05) is 66.2 Å². The second-order valence-electron chi connectivity index (χ2n) is 5.71. The molecule has 2 atom stereocenters. The SMILES string of the molecule is CCCCC(CC)CO[PH](=O)OCC(CC)CCCC.[Zn]. The van der Waals surface area contributed by atoms with Gasteiger partial charge < -0.3 is 9.05 Å². The van der Waals surface area contributed by atoms with Gasteiger partial charge in [0.05, 0.1) is 13.2 Å². The van der Waals surface area contributed by atoms with Crippen LogP contribution in [-0.4, -0.2) is 13.2 Å². The summed E-state index contributed by atoms with van der Waals surface area (Å²) < 4.78 is 22.6. The molecule has 0 aliphatic heterocycles. The Bertz CT molecular complexity index is 218. The first-order chi connectivity index (χ1) is 9.67. The first kappa shape index (κ1) is 24.0. The van der Waals surface area contributed by atoms with Crippen molar-refractivity contribution in [2.75, 3.05) is 13.2 Å². The number of hydrogen-bond acceptors (Lipinski definition) is 3. The molecule has 0 aliphatic rings. The summed E-state index contributed by atoms with van der Waals surface area (Å²) in [5.74, 6) is 1.05. The van der Waals surface area contributed by atoms with E-state index in [1.807, 2.05) is 0 Å². The van der Waals surface area contributed by atoms with Crippen molar-refractivity contribution in [3.05, 3.63) is 0 Å². The summed E-state index contributed by atoms with van der Waals surface area (Å²) in [5.41, 5.74) is 0. The summed E-state index contributed by atoms with van der Waals surface area (Å²) in [6, 6.07) is 0. The monoisotopic (exact) mass is 370 g/mol. The van der Waals surface area contributed by atoms with Crippen LogP contribution in [0, 0.1) is 11.8 Å². The molecule has 124 valence electrons. The van der Waals surface area contributed by atoms with Crippen molar-refractivity contribution in [2.45, 2.75) is 79.1 Å². The molecule has 0 saturated heterocycles. The number of hydrogen-bond donors (Lipinski definition) is 0. The molecule has 0 amide bonds. The third-order valence-electron chi connectivity index (χ3n) is 3.96. The summed E-state index contributed by atoms with van der Waals surface area (Å²) in [6.45, 7) is 9.89. The molecule has 0 aliphatic carbocycles. The van der Waals surface area contributed by atoms with Crippen LogP contribution in [0.25, 0.3) is 0 Å². The molecule has 0 fully saturated rings. The average Bonchev–Trinajstić information content (AvgIpc) is 2.47. The third kappa shape index (κ3) is 14.1. The van der Waals surface area contributed by atoms with Crippen molar-refractivity contribution in [1.29, 1.82) is 0 Å². The van der Waals surface area contributed by atoms with Gasteiger partial charge in [-0.05, 0) is 24.7 Å². The first-order valence-corrected chi connectivity index (χ1v) is 9.69. The molecular formula is C16H35O3PZn. The van der Waals surface area contributed by atoms with Crippen LogP contribution in [0.15, 0.2) is 0 Å². The Morgan fingerprint density at radius 3 is 1.48 bits per heavy atom. The molecule has 0 aromatic carbocycles. The van der Waals surface area contributed by atoms with E-state index in [0.717, 1.165) is 25.7 Å². The Hall–Kier alpha value is 0.773. The van der Waals surface area contributed by atoms with Crippen LogP contribution in [0.2, 0.25) is 0 Å². The van der Waals surface area contributed by atoms with Crippen molar-refractivity contribution in [1.82, 2.24) is 0 Å². The number of rotatable bonds is 14. The molecule has 21 heavy (non-hydrogen) atoms. The van der Waals surface area contributed by atoms with Crippen LogP contribution in [0.1, 0.15) is 79.1 Å². The molecule has 5 heteroatoms. The van der Waals surface area contributed by atoms with Gasteiger partial charge in [0.15, 0.2) is 0 Å². The molecule has 0 bridgehead atoms. The van der Waals surface area contributed by atoms with Crippen LogP contribution < -0.4 is 0 Å². The molecule has 0 N–H and O–H groups in total. The zero-order chi connectivity index (χ0) is 15.2. The molecule has 3 nitrogen and oxygen atoms in total. The largest absolute Gasteiger partial charge is 0.319 e. The predicted molar refractivity (Wildman–Crippen MR) is 87.5 cm³/mol. The Morgan fingerprint density at radius 2 is 1.19 bits per heavy atom. The van der Waals surface area contributed by atoms with E-state index in [4.69, 9.17) is 9.05 Å². The van der Waals surface area contributed by atoms with E-state index in [-0.39, 0.29) is 19.5 Å². The average molecular weight is 372 g/mol. The molecule has 0 aromatic rings. The smallest absolute Gasteiger partial charge is 0.310 e. The minimum atomic E-state index is -2.30. The van der Waals surface area contributed by atoms with E-state index >= 15 is 0 Å². The van der Waals surface area contributed by atoms with Crippen LogP contribution in [0.5, 0.6) is 0 Å². The van der Waals surface area contributed by atoms with Gasteiger partial charge in [0.1, 0.15) is 0 Å². The predicted octanol–water partition coefficient (Wildman–Crippen LogP) is 5.84. The Kier molecular flexibility index (Phi) is 19.6. The van der Waals surface area contributed by atoms with Crippen LogP contribution in [-0.2, 0) is 33.1 Å². The van der Waals surface area contributed by atoms with Crippen LogP contribution in [0.3, 0.4) is 0 Å². The fourth-order valence-electron chi connectivity index (χ4n) is 2.21. The minimum absolute atomic E-state index is 0. The second kappa shape index (κ2) is 17.1. The van der Waals surface area contributed by atoms with Crippen LogP contribution >= 0.6 is 8.25 Å². The maximum atomic E-state index is 11.8. The van der Waals surface area contributed by atoms with Crippen molar-refractivity contribution >= 4 is 8.25 Å². The standard InChI is InChI=1S/C16H35O3P.Zn/c1-5-9-11-15(7-3)13-18-20(17)19-14-16(8-4)12-10-6-2;/h15-16,20H,5-14H2,1-4H3;. The maximum absolute atomic E-state index is 11.8. The summed E-state index contributed by atoms with van der Waals surface area (Å²) in [4.78, 5) is 0. The molecule has 2 unspecified atom stereocenters. The van der Waals surface area contributed by atoms with Gasteiger partial charge in [0.25, 0.3) is 0 Å². The topological polar surface area (TPSA) is 35.5 Å². The van der Waals surface area contributed by atoms with Gasteiger partial charge in [0, 0.05) is 19.5 Å².